The number of amides is 2. The quantitative estimate of drug-likeness (QED) is 0.162. The summed E-state index contributed by atoms with van der Waals surface area (Å²) in [6, 6.07) is 4.25. The van der Waals surface area contributed by atoms with E-state index in [4.69, 9.17) is 42.0 Å². The normalized spacial score (nSPS) is 17.3. The number of rotatable bonds is 4. The summed E-state index contributed by atoms with van der Waals surface area (Å²) in [5, 5.41) is 11.6. The highest BCUT2D eigenvalue weighted by Gasteiger charge is 2.52. The van der Waals surface area contributed by atoms with Gasteiger partial charge in [-0.25, -0.2) is 19.6 Å². The molecule has 16 nitrogen and oxygen atoms in total. The monoisotopic (exact) mass is 1070 g/mol. The van der Waals surface area contributed by atoms with Gasteiger partial charge in [-0.3, -0.25) is 9.36 Å². The number of piperidine rings is 2. The number of aromatic amines is 2. The highest BCUT2D eigenvalue weighted by atomic mass is 79.9. The zero-order chi connectivity index (χ0) is 49.5. The van der Waals surface area contributed by atoms with E-state index in [1.807, 2.05) is 102 Å². The molecule has 6 aromatic rings. The van der Waals surface area contributed by atoms with E-state index >= 15 is 0 Å². The highest BCUT2D eigenvalue weighted by molar-refractivity contribution is 9.10. The van der Waals surface area contributed by atoms with Crippen LogP contribution in [0.2, 0.25) is 10.0 Å². The molecule has 20 heteroatoms. The van der Waals surface area contributed by atoms with Crippen molar-refractivity contribution in [2.75, 3.05) is 26.2 Å². The van der Waals surface area contributed by atoms with Crippen LogP contribution < -0.4 is 5.46 Å². The summed E-state index contributed by atoms with van der Waals surface area (Å²) < 4.78 is 27.1. The number of fused-ring (bicyclic) bond motifs is 2. The minimum absolute atomic E-state index is 0. The van der Waals surface area contributed by atoms with Crippen LogP contribution in [0, 0.1) is 0 Å². The second kappa shape index (κ2) is 22.0. The Morgan fingerprint density at radius 3 is 1.56 bits per heavy atom. The zero-order valence-electron chi connectivity index (χ0n) is 41.2. The molecule has 3 aliphatic heterocycles. The van der Waals surface area contributed by atoms with Gasteiger partial charge in [0.1, 0.15) is 22.5 Å². The van der Waals surface area contributed by atoms with Crippen LogP contribution in [-0.2, 0) is 32.9 Å². The first-order valence-electron chi connectivity index (χ1n) is 23.1. The molecule has 0 atom stereocenters. The number of halogens is 3. The van der Waals surface area contributed by atoms with Gasteiger partial charge in [-0.05, 0) is 123 Å². The fourth-order valence-electron chi connectivity index (χ4n) is 8.33. The number of ether oxygens (including phenoxy) is 2. The lowest BCUT2D eigenvalue weighted by molar-refractivity contribution is 0.00578. The summed E-state index contributed by atoms with van der Waals surface area (Å²) in [6.07, 6.45) is 13.9. The van der Waals surface area contributed by atoms with Gasteiger partial charge < -0.3 is 38.6 Å². The second-order valence-corrected chi connectivity index (χ2v) is 22.4. The van der Waals surface area contributed by atoms with E-state index in [9.17, 15) is 9.59 Å². The maximum Gasteiger partial charge on any atom is 0.498 e. The first kappa shape index (κ1) is 56.3. The predicted octanol–water partition coefficient (Wildman–Crippen LogP) is 11.8. The van der Waals surface area contributed by atoms with E-state index in [2.05, 4.69) is 58.2 Å². The number of H-pyrrole nitrogens is 2. The van der Waals surface area contributed by atoms with Gasteiger partial charge in [0.15, 0.2) is 0 Å². The number of carbonyl (C=O) groups is 2. The standard InChI is InChI=1S/C21H26ClN5O2.C17H21BrClN3O2.C10H17BN2O2.2CH4/c1-21(2,3)29-20(28)27-7-5-13(6-8-27)17-9-15-18(14-10-24-26(4)12-14)16(22)11-23-19(15)25-17;1-17(2,3)24-16(23)22-6-4-10(5-7-22)13-8-11-14(18)12(19)9-20-15(11)21-13;1-9(2)10(3,4)15-11(14-9)8-6-12-13(5)7-8;;/h9-13H,5-8H2,1-4H3,(H,23,25);8-10H,4-7H2,1-3H3,(H,20,21);6-7H,1-5H3;2*1H4. The minimum Gasteiger partial charge on any atom is -0.444 e. The predicted molar refractivity (Wildman–Crippen MR) is 284 cm³/mol. The largest absolute Gasteiger partial charge is 0.498 e. The molecule has 0 aromatic carbocycles. The van der Waals surface area contributed by atoms with Crippen molar-refractivity contribution in [3.8, 4) is 11.1 Å². The molecule has 3 fully saturated rings. The average Bonchev–Trinajstić information content (AvgIpc) is 4.10. The maximum absolute atomic E-state index is 12.3. The van der Waals surface area contributed by atoms with Crippen molar-refractivity contribution in [1.29, 1.82) is 0 Å². The van der Waals surface area contributed by atoms with Gasteiger partial charge in [0.2, 0.25) is 0 Å². The van der Waals surface area contributed by atoms with E-state index in [-0.39, 0.29) is 45.4 Å². The molecule has 0 spiro atoms. The molecule has 2 N–H and O–H groups in total. The number of nitrogens with zero attached hydrogens (tertiary/aromatic N) is 8. The van der Waals surface area contributed by atoms with Crippen LogP contribution in [0.3, 0.4) is 0 Å². The van der Waals surface area contributed by atoms with Crippen LogP contribution in [0.1, 0.15) is 133 Å². The third kappa shape index (κ3) is 13.3. The molecule has 9 heterocycles. The van der Waals surface area contributed by atoms with Crippen molar-refractivity contribution in [3.05, 3.63) is 75.2 Å². The first-order chi connectivity index (χ1) is 31.8. The van der Waals surface area contributed by atoms with Gasteiger partial charge in [-0.2, -0.15) is 10.2 Å². The number of nitrogens with one attached hydrogen (secondary N) is 2. The molecule has 0 bridgehead atoms. The number of hydrogen-bond donors (Lipinski definition) is 2. The van der Waals surface area contributed by atoms with Crippen LogP contribution in [0.5, 0.6) is 0 Å². The van der Waals surface area contributed by atoms with Crippen molar-refractivity contribution < 1.29 is 28.4 Å². The molecule has 0 radical (unpaired) electrons. The number of pyridine rings is 2. The lowest BCUT2D eigenvalue weighted by Gasteiger charge is -2.33. The topological polar surface area (TPSA) is 171 Å². The minimum atomic E-state index is -0.473. The Kier molecular flexibility index (Phi) is 17.7. The molecule has 0 aliphatic carbocycles. The summed E-state index contributed by atoms with van der Waals surface area (Å²) >= 11 is 16.1. The summed E-state index contributed by atoms with van der Waals surface area (Å²) in [6.45, 7) is 22.3. The first-order valence-corrected chi connectivity index (χ1v) is 24.6. The van der Waals surface area contributed by atoms with Crippen molar-refractivity contribution in [2.24, 2.45) is 14.1 Å². The zero-order valence-corrected chi connectivity index (χ0v) is 44.3. The summed E-state index contributed by atoms with van der Waals surface area (Å²) in [4.78, 5) is 43.7. The second-order valence-electron chi connectivity index (χ2n) is 20.8. The van der Waals surface area contributed by atoms with Crippen LogP contribution >= 0.6 is 39.1 Å². The molecular weight excluding hydrogens is 998 g/mol. The lowest BCUT2D eigenvalue weighted by atomic mass is 9.82. The van der Waals surface area contributed by atoms with Crippen molar-refractivity contribution >= 4 is 86.0 Å². The Morgan fingerprint density at radius 1 is 0.700 bits per heavy atom. The van der Waals surface area contributed by atoms with E-state index in [1.54, 1.807) is 37.8 Å². The van der Waals surface area contributed by atoms with Crippen LogP contribution in [0.4, 0.5) is 9.59 Å². The van der Waals surface area contributed by atoms with Gasteiger partial charge in [-0.1, -0.05) is 38.1 Å². The Bertz CT molecular complexity index is 2720. The Morgan fingerprint density at radius 2 is 1.13 bits per heavy atom. The smallest absolute Gasteiger partial charge is 0.444 e. The number of aromatic nitrogens is 8. The van der Waals surface area contributed by atoms with Crippen molar-refractivity contribution in [1.82, 2.24) is 49.3 Å². The molecule has 2 amide bonds. The molecule has 70 heavy (non-hydrogen) atoms. The summed E-state index contributed by atoms with van der Waals surface area (Å²) in [5.74, 6) is 0.715. The third-order valence-corrected chi connectivity index (χ3v) is 14.3. The molecule has 3 aliphatic rings. The van der Waals surface area contributed by atoms with Gasteiger partial charge in [-0.15, -0.1) is 0 Å². The Hall–Kier alpha value is -4.62. The van der Waals surface area contributed by atoms with E-state index < -0.39 is 11.2 Å². The van der Waals surface area contributed by atoms with Gasteiger partial charge in [0.25, 0.3) is 0 Å². The third-order valence-electron chi connectivity index (χ3n) is 12.6. The van der Waals surface area contributed by atoms with Gasteiger partial charge >= 0.3 is 19.3 Å². The molecule has 6 aromatic heterocycles. The van der Waals surface area contributed by atoms with Gasteiger partial charge in [0.05, 0.1) is 27.4 Å². The Balaban J connectivity index is 0.000000202. The summed E-state index contributed by atoms with van der Waals surface area (Å²) in [7, 11) is 3.47. The van der Waals surface area contributed by atoms with Crippen LogP contribution in [0.15, 0.2) is 53.8 Å². The average molecular weight is 1070 g/mol. The van der Waals surface area contributed by atoms with Crippen molar-refractivity contribution in [3.63, 3.8) is 0 Å². The number of carbonyl (C=O) groups excluding carboxylic acids is 2. The van der Waals surface area contributed by atoms with Gasteiger partial charge in [0, 0.05) is 126 Å². The number of aryl methyl sites for hydroxylation is 2. The van der Waals surface area contributed by atoms with Crippen molar-refractivity contribution in [2.45, 2.75) is 144 Å². The number of hydrogen-bond acceptors (Lipinski definition) is 10. The molecule has 0 saturated carbocycles. The molecule has 0 unspecified atom stereocenters. The van der Waals surface area contributed by atoms with E-state index in [0.29, 0.717) is 48.1 Å². The molecule has 382 valence electrons. The fraction of sp³-hybridized carbons (Fsp3) is 0.560. The fourth-order valence-corrected chi connectivity index (χ4v) is 9.15. The maximum atomic E-state index is 12.3. The lowest BCUT2D eigenvalue weighted by Crippen LogP contribution is -2.41. The van der Waals surface area contributed by atoms with Crippen LogP contribution in [0.25, 0.3) is 33.2 Å². The Labute approximate surface area is 432 Å². The highest BCUT2D eigenvalue weighted by Crippen LogP contribution is 2.39. The molecule has 3 saturated heterocycles. The summed E-state index contributed by atoms with van der Waals surface area (Å²) in [5.41, 5.74) is 5.30. The molecular formula is C50H72BBrCl2N10O6. The van der Waals surface area contributed by atoms with E-state index in [0.717, 1.165) is 80.2 Å². The molecule has 9 rings (SSSR count). The van der Waals surface area contributed by atoms with Crippen LogP contribution in [-0.4, -0.2) is 117 Å². The van der Waals surface area contributed by atoms with E-state index in [1.165, 1.54) is 0 Å². The number of likely N-dealkylation sites (tertiary alicyclic amines) is 2. The SMILES string of the molecule is C.C.CC(C)(C)OC(=O)N1CCC(c2cc3c(Br)c(Cl)cnc3[nH]2)CC1.Cn1cc(-c2c(Cl)cnc3[nH]c(C4CCN(C(=O)OC(C)(C)C)CC4)cc23)cn1.Cn1cc(B2OC(C)(C)C(C)(C)O2)cn1.